The third-order valence-corrected chi connectivity index (χ3v) is 6.75. The number of hydrogen-bond donors (Lipinski definition) is 1. The van der Waals surface area contributed by atoms with Crippen molar-refractivity contribution in [2.75, 3.05) is 35.8 Å². The minimum Gasteiger partial charge on any atom is -0.353 e. The number of aromatic nitrogens is 1. The van der Waals surface area contributed by atoms with Gasteiger partial charge in [-0.25, -0.2) is 17.8 Å². The number of amides is 1. The van der Waals surface area contributed by atoms with Crippen LogP contribution in [0.15, 0.2) is 71.8 Å². The van der Waals surface area contributed by atoms with Gasteiger partial charge in [-0.05, 0) is 42.5 Å². The van der Waals surface area contributed by atoms with Crippen molar-refractivity contribution >= 4 is 33.1 Å². The molecule has 12 heteroatoms. The quantitative estimate of drug-likeness (QED) is 0.420. The first-order valence-electron chi connectivity index (χ1n) is 10.3. The summed E-state index contributed by atoms with van der Waals surface area (Å²) < 4.78 is 41.1. The fraction of sp³-hybridized carbons (Fsp3) is 0.182. The number of anilines is 2. The van der Waals surface area contributed by atoms with Gasteiger partial charge >= 0.3 is 0 Å². The number of nitrogens with one attached hydrogen (secondary N) is 1. The van der Waals surface area contributed by atoms with Crippen LogP contribution in [-0.2, 0) is 10.0 Å². The summed E-state index contributed by atoms with van der Waals surface area (Å²) in [6.45, 7) is 1.81. The maximum absolute atomic E-state index is 13.8. The Kier molecular flexibility index (Phi) is 6.41. The van der Waals surface area contributed by atoms with E-state index in [1.54, 1.807) is 11.0 Å². The van der Waals surface area contributed by atoms with Crippen molar-refractivity contribution in [3.8, 4) is 0 Å². The van der Waals surface area contributed by atoms with Gasteiger partial charge in [0.2, 0.25) is 0 Å². The second-order valence-electron chi connectivity index (χ2n) is 7.52. The topological polar surface area (TPSA) is 126 Å². The van der Waals surface area contributed by atoms with E-state index in [4.69, 9.17) is 0 Å². The highest BCUT2D eigenvalue weighted by Gasteiger charge is 2.24. The van der Waals surface area contributed by atoms with E-state index in [0.717, 1.165) is 6.07 Å². The summed E-state index contributed by atoms with van der Waals surface area (Å²) in [7, 11) is -4.02. The molecule has 176 valence electrons. The molecule has 1 aliphatic heterocycles. The molecule has 1 aromatic heterocycles. The first-order chi connectivity index (χ1) is 16.2. The lowest BCUT2D eigenvalue weighted by Gasteiger charge is -2.35. The molecule has 0 atom stereocenters. The largest absolute Gasteiger partial charge is 0.353 e. The number of nitro groups is 1. The molecule has 3 aromatic rings. The van der Waals surface area contributed by atoms with Crippen LogP contribution in [0.5, 0.6) is 0 Å². The summed E-state index contributed by atoms with van der Waals surface area (Å²) in [4.78, 5) is 30.7. The maximum atomic E-state index is 13.8. The number of piperazine rings is 1. The average molecular weight is 485 g/mol. The Bertz CT molecular complexity index is 1310. The fourth-order valence-electron chi connectivity index (χ4n) is 3.52. The van der Waals surface area contributed by atoms with Crippen LogP contribution in [-0.4, -0.2) is 55.3 Å². The number of halogens is 1. The number of hydrogen-bond acceptors (Lipinski definition) is 7. The molecule has 0 spiro atoms. The first-order valence-corrected chi connectivity index (χ1v) is 11.7. The number of sulfonamides is 1. The maximum Gasteiger partial charge on any atom is 0.287 e. The van der Waals surface area contributed by atoms with Gasteiger partial charge in [0.05, 0.1) is 15.5 Å². The number of rotatable bonds is 6. The summed E-state index contributed by atoms with van der Waals surface area (Å²) >= 11 is 0. The fourth-order valence-corrected chi connectivity index (χ4v) is 4.59. The molecule has 1 N–H and O–H groups in total. The van der Waals surface area contributed by atoms with Crippen molar-refractivity contribution in [1.82, 2.24) is 9.88 Å². The second kappa shape index (κ2) is 9.43. The van der Waals surface area contributed by atoms with Crippen molar-refractivity contribution < 1.29 is 22.5 Å². The zero-order valence-electron chi connectivity index (χ0n) is 17.8. The van der Waals surface area contributed by atoms with Crippen LogP contribution < -0.4 is 9.62 Å². The Labute approximate surface area is 194 Å². The highest BCUT2D eigenvalue weighted by molar-refractivity contribution is 7.92. The number of para-hydroxylation sites is 1. The van der Waals surface area contributed by atoms with Crippen LogP contribution in [0.2, 0.25) is 0 Å². The SMILES string of the molecule is O=C(c1ccc(S(=O)(=O)Nc2ccccc2F)cc1)N1CCN(c2ccc([N+](=O)[O-])cn2)CC1. The van der Waals surface area contributed by atoms with Crippen LogP contribution in [0.1, 0.15) is 10.4 Å². The summed E-state index contributed by atoms with van der Waals surface area (Å²) in [5, 5.41) is 10.8. The van der Waals surface area contributed by atoms with Gasteiger partial charge in [0.25, 0.3) is 21.6 Å². The Morgan fingerprint density at radius 3 is 2.26 bits per heavy atom. The lowest BCUT2D eigenvalue weighted by atomic mass is 10.2. The molecule has 1 fully saturated rings. The van der Waals surface area contributed by atoms with E-state index < -0.39 is 20.8 Å². The molecule has 0 bridgehead atoms. The van der Waals surface area contributed by atoms with Crippen molar-refractivity contribution in [3.05, 3.63) is 88.4 Å². The van der Waals surface area contributed by atoms with E-state index in [2.05, 4.69) is 9.71 Å². The Morgan fingerprint density at radius 2 is 1.68 bits per heavy atom. The smallest absolute Gasteiger partial charge is 0.287 e. The van der Waals surface area contributed by atoms with Crippen LogP contribution >= 0.6 is 0 Å². The van der Waals surface area contributed by atoms with Gasteiger partial charge in [0.15, 0.2) is 0 Å². The standard InChI is InChI=1S/C22H20FN5O5S/c23-19-3-1-2-4-20(19)25-34(32,33)18-8-5-16(6-9-18)22(29)27-13-11-26(12-14-27)21-10-7-17(15-24-21)28(30)31/h1-10,15,25H,11-14H2. The van der Waals surface area contributed by atoms with Crippen LogP contribution in [0.4, 0.5) is 21.6 Å². The van der Waals surface area contributed by atoms with Gasteiger partial charge < -0.3 is 9.80 Å². The molecule has 0 unspecified atom stereocenters. The second-order valence-corrected chi connectivity index (χ2v) is 9.20. The van der Waals surface area contributed by atoms with Crippen molar-refractivity contribution in [2.24, 2.45) is 0 Å². The minimum atomic E-state index is -4.02. The normalized spacial score (nSPS) is 14.0. The summed E-state index contributed by atoms with van der Waals surface area (Å²) in [5.74, 6) is -0.349. The highest BCUT2D eigenvalue weighted by Crippen LogP contribution is 2.21. The lowest BCUT2D eigenvalue weighted by Crippen LogP contribution is -2.49. The van der Waals surface area contributed by atoms with Crippen LogP contribution in [0, 0.1) is 15.9 Å². The molecule has 4 rings (SSSR count). The number of pyridine rings is 1. The van der Waals surface area contributed by atoms with E-state index >= 15 is 0 Å². The molecule has 1 amide bonds. The van der Waals surface area contributed by atoms with Gasteiger partial charge in [-0.3, -0.25) is 19.6 Å². The predicted octanol–water partition coefficient (Wildman–Crippen LogP) is 2.89. The van der Waals surface area contributed by atoms with E-state index in [1.807, 2.05) is 4.90 Å². The third-order valence-electron chi connectivity index (χ3n) is 5.36. The molecule has 34 heavy (non-hydrogen) atoms. The number of nitrogens with zero attached hydrogens (tertiary/aromatic N) is 4. The lowest BCUT2D eigenvalue weighted by molar-refractivity contribution is -0.385. The first kappa shape index (κ1) is 23.1. The van der Waals surface area contributed by atoms with Crippen molar-refractivity contribution in [1.29, 1.82) is 0 Å². The van der Waals surface area contributed by atoms with E-state index in [-0.39, 0.29) is 22.2 Å². The van der Waals surface area contributed by atoms with Crippen LogP contribution in [0.25, 0.3) is 0 Å². The number of carbonyl (C=O) groups is 1. The summed E-state index contributed by atoms with van der Waals surface area (Å²) in [6.07, 6.45) is 1.20. The molecular weight excluding hydrogens is 465 g/mol. The molecule has 10 nitrogen and oxygen atoms in total. The van der Waals surface area contributed by atoms with E-state index in [1.165, 1.54) is 54.7 Å². The zero-order chi connectivity index (χ0) is 24.3. The van der Waals surface area contributed by atoms with Gasteiger partial charge in [0.1, 0.15) is 17.8 Å². The highest BCUT2D eigenvalue weighted by atomic mass is 32.2. The zero-order valence-corrected chi connectivity index (χ0v) is 18.6. The van der Waals surface area contributed by atoms with Gasteiger partial charge in [-0.2, -0.15) is 0 Å². The molecule has 2 aromatic carbocycles. The molecule has 1 aliphatic rings. The van der Waals surface area contributed by atoms with E-state index in [9.17, 15) is 27.7 Å². The predicted molar refractivity (Wildman–Crippen MR) is 123 cm³/mol. The monoisotopic (exact) mass is 485 g/mol. The molecule has 2 heterocycles. The van der Waals surface area contributed by atoms with Gasteiger partial charge in [0, 0.05) is 37.8 Å². The van der Waals surface area contributed by atoms with Crippen LogP contribution in [0.3, 0.4) is 0 Å². The molecule has 0 radical (unpaired) electrons. The average Bonchev–Trinajstić information content (AvgIpc) is 2.85. The molecule has 1 saturated heterocycles. The molecule has 0 aliphatic carbocycles. The Balaban J connectivity index is 1.38. The number of carbonyl (C=O) groups excluding carboxylic acids is 1. The minimum absolute atomic E-state index is 0.0906. The Morgan fingerprint density at radius 1 is 1.00 bits per heavy atom. The third kappa shape index (κ3) is 4.96. The summed E-state index contributed by atoms with van der Waals surface area (Å²) in [5.41, 5.74) is 0.0712. The van der Waals surface area contributed by atoms with Crippen molar-refractivity contribution in [3.63, 3.8) is 0 Å². The van der Waals surface area contributed by atoms with Crippen molar-refractivity contribution in [2.45, 2.75) is 4.90 Å². The molecule has 0 saturated carbocycles. The Hall–Kier alpha value is -4.06. The number of benzene rings is 2. The van der Waals surface area contributed by atoms with Gasteiger partial charge in [-0.15, -0.1) is 0 Å². The summed E-state index contributed by atoms with van der Waals surface area (Å²) in [6, 6.07) is 13.8. The van der Waals surface area contributed by atoms with E-state index in [0.29, 0.717) is 37.6 Å². The molecular formula is C22H20FN5O5S. The van der Waals surface area contributed by atoms with Gasteiger partial charge in [-0.1, -0.05) is 12.1 Å².